The third-order valence-electron chi connectivity index (χ3n) is 9.51. The minimum absolute atomic E-state index is 0.00927. The van der Waals surface area contributed by atoms with Gasteiger partial charge in [0.2, 0.25) is 5.92 Å². The van der Waals surface area contributed by atoms with Crippen LogP contribution in [-0.4, -0.2) is 41.8 Å². The van der Waals surface area contributed by atoms with Gasteiger partial charge >= 0.3 is 0 Å². The highest BCUT2D eigenvalue weighted by molar-refractivity contribution is 6.01. The fourth-order valence-electron chi connectivity index (χ4n) is 6.89. The Labute approximate surface area is 237 Å². The number of pyridine rings is 1. The first kappa shape index (κ1) is 28.7. The van der Waals surface area contributed by atoms with Gasteiger partial charge in [-0.25, -0.2) is 8.78 Å². The SMILES string of the molecule is CC1=C(c2cnc3c(c2)CC[C@@H](CC2CCC(F)(F)CC2)C=C3C2=CC([C@@H](C)CCC#N)CN=C2)C(C)N(C)O1. The van der Waals surface area contributed by atoms with Gasteiger partial charge in [0.25, 0.3) is 0 Å². The lowest BCUT2D eigenvalue weighted by Gasteiger charge is -2.30. The van der Waals surface area contributed by atoms with Crippen LogP contribution in [0.2, 0.25) is 0 Å². The van der Waals surface area contributed by atoms with E-state index in [9.17, 15) is 8.78 Å². The van der Waals surface area contributed by atoms with Crippen molar-refractivity contribution in [3.8, 4) is 6.07 Å². The largest absolute Gasteiger partial charge is 0.410 e. The Kier molecular flexibility index (Phi) is 8.56. The summed E-state index contributed by atoms with van der Waals surface area (Å²) < 4.78 is 27.7. The topological polar surface area (TPSA) is 61.5 Å². The number of aromatic nitrogens is 1. The number of nitrogens with zero attached hydrogens (tertiary/aromatic N) is 4. The fraction of sp³-hybridized carbons (Fsp3) is 0.606. The number of dihydropyridines is 1. The molecule has 0 spiro atoms. The van der Waals surface area contributed by atoms with Gasteiger partial charge in [0.1, 0.15) is 5.76 Å². The van der Waals surface area contributed by atoms with E-state index < -0.39 is 5.92 Å². The summed E-state index contributed by atoms with van der Waals surface area (Å²) in [6.07, 6.45) is 14.1. The van der Waals surface area contributed by atoms with E-state index >= 15 is 0 Å². The molecule has 4 aliphatic rings. The highest BCUT2D eigenvalue weighted by atomic mass is 19.3. The van der Waals surface area contributed by atoms with Crippen LogP contribution in [0, 0.1) is 35.0 Å². The normalized spacial score (nSPS) is 27.8. The van der Waals surface area contributed by atoms with Crippen LogP contribution in [0.5, 0.6) is 0 Å². The molecule has 0 bridgehead atoms. The van der Waals surface area contributed by atoms with Crippen molar-refractivity contribution in [1.82, 2.24) is 10.0 Å². The molecule has 4 atom stereocenters. The Morgan fingerprint density at radius 1 is 1.23 bits per heavy atom. The van der Waals surface area contributed by atoms with Crippen LogP contribution in [0.25, 0.3) is 11.1 Å². The Bertz CT molecular complexity index is 1260. The lowest BCUT2D eigenvalue weighted by atomic mass is 9.79. The number of allylic oxidation sites excluding steroid dienone is 4. The van der Waals surface area contributed by atoms with Crippen molar-refractivity contribution in [2.45, 2.75) is 90.5 Å². The number of rotatable bonds is 7. The molecule has 0 N–H and O–H groups in total. The van der Waals surface area contributed by atoms with E-state index in [0.29, 0.717) is 37.0 Å². The number of hydrogen-bond donors (Lipinski definition) is 0. The maximum atomic E-state index is 13.9. The highest BCUT2D eigenvalue weighted by Gasteiger charge is 2.36. The molecule has 40 heavy (non-hydrogen) atoms. The van der Waals surface area contributed by atoms with Gasteiger partial charge < -0.3 is 4.84 Å². The predicted molar refractivity (Wildman–Crippen MR) is 155 cm³/mol. The summed E-state index contributed by atoms with van der Waals surface area (Å²) in [7, 11) is 1.95. The molecule has 5 rings (SSSR count). The molecule has 0 radical (unpaired) electrons. The predicted octanol–water partition coefficient (Wildman–Crippen LogP) is 7.81. The lowest BCUT2D eigenvalue weighted by Crippen LogP contribution is -2.25. The first-order valence-electron chi connectivity index (χ1n) is 14.9. The maximum absolute atomic E-state index is 13.9. The average Bonchev–Trinajstić information content (AvgIpc) is 3.08. The summed E-state index contributed by atoms with van der Waals surface area (Å²) >= 11 is 0. The fourth-order valence-corrected chi connectivity index (χ4v) is 6.89. The number of nitriles is 1. The van der Waals surface area contributed by atoms with Crippen LogP contribution >= 0.6 is 0 Å². The van der Waals surface area contributed by atoms with Gasteiger partial charge in [0, 0.05) is 62.0 Å². The van der Waals surface area contributed by atoms with E-state index in [1.54, 1.807) is 0 Å². The third kappa shape index (κ3) is 6.22. The molecule has 1 aromatic rings. The molecule has 214 valence electrons. The summed E-state index contributed by atoms with van der Waals surface area (Å²) in [6, 6.07) is 4.70. The van der Waals surface area contributed by atoms with Gasteiger partial charge in [0.05, 0.1) is 17.8 Å². The number of likely N-dealkylation sites (N-methyl/N-ethyl adjacent to an activating group) is 1. The molecule has 1 saturated carbocycles. The molecule has 0 saturated heterocycles. The number of aliphatic imine (C=N–C) groups is 1. The molecule has 1 aromatic heterocycles. The van der Waals surface area contributed by atoms with E-state index in [2.05, 4.69) is 38.1 Å². The van der Waals surface area contributed by atoms with Crippen LogP contribution in [0.1, 0.15) is 89.0 Å². The molecule has 0 aromatic carbocycles. The number of aryl methyl sites for hydroxylation is 1. The maximum Gasteiger partial charge on any atom is 0.248 e. The third-order valence-corrected chi connectivity index (χ3v) is 9.51. The van der Waals surface area contributed by atoms with Crippen molar-refractivity contribution >= 4 is 17.4 Å². The van der Waals surface area contributed by atoms with Crippen molar-refractivity contribution in [3.05, 3.63) is 52.6 Å². The summed E-state index contributed by atoms with van der Waals surface area (Å²) in [5, 5.41) is 11.0. The van der Waals surface area contributed by atoms with Gasteiger partial charge in [-0.05, 0) is 93.2 Å². The summed E-state index contributed by atoms with van der Waals surface area (Å²) in [6.45, 7) is 7.09. The highest BCUT2D eigenvalue weighted by Crippen LogP contribution is 2.42. The Balaban J connectivity index is 1.48. The van der Waals surface area contributed by atoms with Gasteiger partial charge in [-0.2, -0.15) is 5.26 Å². The Hall–Kier alpha value is -2.85. The quantitative estimate of drug-likeness (QED) is 0.349. The van der Waals surface area contributed by atoms with Gasteiger partial charge in [-0.15, -0.1) is 5.06 Å². The smallest absolute Gasteiger partial charge is 0.248 e. The van der Waals surface area contributed by atoms with Crippen LogP contribution < -0.4 is 0 Å². The van der Waals surface area contributed by atoms with E-state index in [0.717, 1.165) is 66.0 Å². The molecule has 7 heteroatoms. The Morgan fingerprint density at radius 3 is 2.70 bits per heavy atom. The second-order valence-corrected chi connectivity index (χ2v) is 12.4. The summed E-state index contributed by atoms with van der Waals surface area (Å²) in [5.41, 5.74) is 6.69. The van der Waals surface area contributed by atoms with Crippen LogP contribution in [-0.2, 0) is 11.3 Å². The zero-order valence-corrected chi connectivity index (χ0v) is 24.3. The van der Waals surface area contributed by atoms with Gasteiger partial charge in [-0.1, -0.05) is 19.1 Å². The molecule has 0 amide bonds. The molecule has 2 aliphatic carbocycles. The second kappa shape index (κ2) is 11.9. The monoisotopic (exact) mass is 548 g/mol. The number of fused-ring (bicyclic) bond motifs is 1. The lowest BCUT2D eigenvalue weighted by molar-refractivity contribution is -0.0883. The second-order valence-electron chi connectivity index (χ2n) is 12.4. The van der Waals surface area contributed by atoms with E-state index in [4.69, 9.17) is 20.1 Å². The van der Waals surface area contributed by atoms with E-state index in [1.807, 2.05) is 31.4 Å². The van der Waals surface area contributed by atoms with Gasteiger partial charge in [-0.3, -0.25) is 9.98 Å². The molecule has 5 nitrogen and oxygen atoms in total. The van der Waals surface area contributed by atoms with E-state index in [1.165, 1.54) is 5.56 Å². The van der Waals surface area contributed by atoms with Gasteiger partial charge in [0.15, 0.2) is 0 Å². The minimum Gasteiger partial charge on any atom is -0.410 e. The molecule has 1 fully saturated rings. The number of halogens is 2. The summed E-state index contributed by atoms with van der Waals surface area (Å²) in [4.78, 5) is 15.7. The number of alkyl halides is 2. The molecule has 2 unspecified atom stereocenters. The average molecular weight is 549 g/mol. The summed E-state index contributed by atoms with van der Waals surface area (Å²) in [5.74, 6) is -0.317. The molecular weight excluding hydrogens is 506 g/mol. The molecule has 2 aliphatic heterocycles. The van der Waals surface area contributed by atoms with Crippen molar-refractivity contribution in [3.63, 3.8) is 0 Å². The van der Waals surface area contributed by atoms with Crippen molar-refractivity contribution in [2.75, 3.05) is 13.6 Å². The standard InChI is InChI=1S/C33H42F2N4O/c1-21(6-5-13-36)27-17-28(19-37-18-27)30-15-25(14-24-9-11-33(34,35)12-10-24)7-8-26-16-29(20-38-32(26)30)31-22(2)39(4)40-23(31)3/h15-17,19-22,24-25,27H,5-12,14,18H2,1-4H3/t21-,22?,25-,27?/m0/s1. The zero-order chi connectivity index (χ0) is 28.4. The first-order chi connectivity index (χ1) is 19.1. The van der Waals surface area contributed by atoms with Crippen LogP contribution in [0.15, 0.2) is 40.7 Å². The first-order valence-corrected chi connectivity index (χ1v) is 14.9. The minimum atomic E-state index is -2.50. The van der Waals surface area contributed by atoms with Crippen molar-refractivity contribution < 1.29 is 13.6 Å². The molecular formula is C33H42F2N4O. The zero-order valence-electron chi connectivity index (χ0n) is 24.3. The van der Waals surface area contributed by atoms with Crippen molar-refractivity contribution in [2.24, 2.45) is 28.7 Å². The Morgan fingerprint density at radius 2 is 2.00 bits per heavy atom. The number of hydroxylamine groups is 2. The van der Waals surface area contributed by atoms with Crippen LogP contribution in [0.3, 0.4) is 0 Å². The van der Waals surface area contributed by atoms with Crippen molar-refractivity contribution in [1.29, 1.82) is 5.26 Å². The number of hydrogen-bond acceptors (Lipinski definition) is 5. The van der Waals surface area contributed by atoms with Crippen LogP contribution in [0.4, 0.5) is 8.78 Å². The molecule has 3 heterocycles. The van der Waals surface area contributed by atoms with E-state index in [-0.39, 0.29) is 24.8 Å².